The van der Waals surface area contributed by atoms with E-state index in [1.165, 1.54) is 7.11 Å². The molecule has 140 valence electrons. The van der Waals surface area contributed by atoms with Crippen molar-refractivity contribution in [1.29, 1.82) is 0 Å². The second-order valence-electron chi connectivity index (χ2n) is 5.53. The number of hydrogen-bond acceptors (Lipinski definition) is 6. The molecule has 1 amide bonds. The van der Waals surface area contributed by atoms with E-state index in [1.807, 2.05) is 6.92 Å². The first-order valence-electron chi connectivity index (χ1n) is 8.23. The van der Waals surface area contributed by atoms with E-state index in [4.69, 9.17) is 21.1 Å². The Morgan fingerprint density at radius 3 is 2.89 bits per heavy atom. The molecule has 27 heavy (non-hydrogen) atoms. The minimum Gasteiger partial charge on any atom is -0.495 e. The Morgan fingerprint density at radius 1 is 1.26 bits per heavy atom. The zero-order valence-electron chi connectivity index (χ0n) is 14.8. The molecule has 1 heterocycles. The number of aryl methyl sites for hydroxylation is 1. The number of carbonyl (C=O) groups excluding carboxylic acids is 1. The summed E-state index contributed by atoms with van der Waals surface area (Å²) in [7, 11) is 1.53. The summed E-state index contributed by atoms with van der Waals surface area (Å²) in [5.41, 5.74) is 0.924. The Kier molecular flexibility index (Phi) is 5.87. The average molecular weight is 388 g/mol. The summed E-state index contributed by atoms with van der Waals surface area (Å²) in [6.07, 6.45) is 0. The van der Waals surface area contributed by atoms with Crippen LogP contribution < -0.4 is 14.8 Å². The third-order valence-electron chi connectivity index (χ3n) is 3.78. The Balaban J connectivity index is 1.71. The molecule has 0 saturated carbocycles. The molecule has 0 bridgehead atoms. The van der Waals surface area contributed by atoms with Crippen LogP contribution in [0.25, 0.3) is 0 Å². The molecule has 0 aliphatic rings. The fraction of sp³-hybridized carbons (Fsp3) is 0.222. The van der Waals surface area contributed by atoms with Crippen LogP contribution in [-0.2, 0) is 13.2 Å². The molecule has 0 spiro atoms. The second kappa shape index (κ2) is 8.50. The lowest BCUT2D eigenvalue weighted by atomic mass is 10.2. The molecular formula is C18H18ClN5O3. The molecule has 1 N–H and O–H groups in total. The van der Waals surface area contributed by atoms with Crippen LogP contribution in [0.1, 0.15) is 23.1 Å². The second-order valence-corrected chi connectivity index (χ2v) is 5.96. The van der Waals surface area contributed by atoms with Crippen molar-refractivity contribution < 1.29 is 14.3 Å². The highest BCUT2D eigenvalue weighted by Gasteiger charge is 2.12. The molecule has 0 fully saturated rings. The average Bonchev–Trinajstić information content (AvgIpc) is 3.14. The largest absolute Gasteiger partial charge is 0.495 e. The molecule has 8 nitrogen and oxygen atoms in total. The predicted octanol–water partition coefficient (Wildman–Crippen LogP) is 3.19. The van der Waals surface area contributed by atoms with Gasteiger partial charge in [0.2, 0.25) is 0 Å². The number of ether oxygens (including phenoxy) is 2. The van der Waals surface area contributed by atoms with E-state index in [1.54, 1.807) is 47.1 Å². The maximum Gasteiger partial charge on any atom is 0.255 e. The first-order chi connectivity index (χ1) is 13.1. The van der Waals surface area contributed by atoms with Gasteiger partial charge in [0.05, 0.1) is 12.8 Å². The van der Waals surface area contributed by atoms with Crippen LogP contribution >= 0.6 is 11.6 Å². The quantitative estimate of drug-likeness (QED) is 0.669. The summed E-state index contributed by atoms with van der Waals surface area (Å²) >= 11 is 6.00. The predicted molar refractivity (Wildman–Crippen MR) is 100 cm³/mol. The molecule has 3 rings (SSSR count). The molecular weight excluding hydrogens is 370 g/mol. The van der Waals surface area contributed by atoms with Crippen molar-refractivity contribution >= 4 is 23.2 Å². The van der Waals surface area contributed by atoms with E-state index < -0.39 is 0 Å². The van der Waals surface area contributed by atoms with Crippen molar-refractivity contribution in [2.24, 2.45) is 0 Å². The van der Waals surface area contributed by atoms with Gasteiger partial charge in [-0.05, 0) is 53.7 Å². The maximum atomic E-state index is 12.6. The number of tetrazole rings is 1. The lowest BCUT2D eigenvalue weighted by Crippen LogP contribution is -2.13. The van der Waals surface area contributed by atoms with Crippen LogP contribution in [0.3, 0.4) is 0 Å². The number of anilines is 1. The summed E-state index contributed by atoms with van der Waals surface area (Å²) < 4.78 is 12.6. The highest BCUT2D eigenvalue weighted by molar-refractivity contribution is 6.31. The van der Waals surface area contributed by atoms with Crippen LogP contribution in [0.15, 0.2) is 42.5 Å². The van der Waals surface area contributed by atoms with Gasteiger partial charge in [-0.2, -0.15) is 0 Å². The minimum absolute atomic E-state index is 0.202. The molecule has 0 unspecified atom stereocenters. The van der Waals surface area contributed by atoms with E-state index >= 15 is 0 Å². The first-order valence-corrected chi connectivity index (χ1v) is 8.61. The fourth-order valence-corrected chi connectivity index (χ4v) is 2.59. The van der Waals surface area contributed by atoms with Crippen LogP contribution in [0.2, 0.25) is 5.02 Å². The molecule has 2 aromatic carbocycles. The molecule has 0 saturated heterocycles. The van der Waals surface area contributed by atoms with Gasteiger partial charge in [-0.25, -0.2) is 4.68 Å². The third kappa shape index (κ3) is 4.53. The van der Waals surface area contributed by atoms with Crippen molar-refractivity contribution in [2.45, 2.75) is 20.1 Å². The number of benzene rings is 2. The monoisotopic (exact) mass is 387 g/mol. The summed E-state index contributed by atoms with van der Waals surface area (Å²) in [5, 5.41) is 14.7. The number of methoxy groups -OCH3 is 1. The van der Waals surface area contributed by atoms with E-state index in [2.05, 4.69) is 20.8 Å². The zero-order valence-corrected chi connectivity index (χ0v) is 15.6. The van der Waals surface area contributed by atoms with Gasteiger partial charge in [-0.15, -0.1) is 5.10 Å². The first kappa shape index (κ1) is 18.7. The Bertz CT molecular complexity index is 944. The number of nitrogens with zero attached hydrogens (tertiary/aromatic N) is 4. The summed E-state index contributed by atoms with van der Waals surface area (Å²) in [6.45, 7) is 2.79. The number of carbonyl (C=O) groups is 1. The number of nitrogens with one attached hydrogen (secondary N) is 1. The molecule has 0 radical (unpaired) electrons. The topological polar surface area (TPSA) is 91.2 Å². The zero-order chi connectivity index (χ0) is 19.2. The fourth-order valence-electron chi connectivity index (χ4n) is 2.42. The van der Waals surface area contributed by atoms with E-state index in [-0.39, 0.29) is 12.5 Å². The van der Waals surface area contributed by atoms with Gasteiger partial charge in [0, 0.05) is 17.1 Å². The van der Waals surface area contributed by atoms with Gasteiger partial charge < -0.3 is 14.8 Å². The highest BCUT2D eigenvalue weighted by atomic mass is 35.5. The normalized spacial score (nSPS) is 10.5. The Hall–Kier alpha value is -3.13. The number of halogens is 1. The Morgan fingerprint density at radius 2 is 2.11 bits per heavy atom. The summed E-state index contributed by atoms with van der Waals surface area (Å²) in [6, 6.07) is 11.8. The SMILES string of the molecule is CCn1nnnc1COc1cccc(C(=O)Nc2cc(Cl)ccc2OC)c1. The van der Waals surface area contributed by atoms with Crippen molar-refractivity contribution in [1.82, 2.24) is 20.2 Å². The van der Waals surface area contributed by atoms with Gasteiger partial charge in [-0.1, -0.05) is 17.7 Å². The molecule has 0 atom stereocenters. The molecule has 9 heteroatoms. The van der Waals surface area contributed by atoms with Crippen molar-refractivity contribution in [3.8, 4) is 11.5 Å². The standard InChI is InChI=1S/C18H18ClN5O3/c1-3-24-17(21-22-23-24)11-27-14-6-4-5-12(9-14)18(25)20-15-10-13(19)7-8-16(15)26-2/h4-10H,3,11H2,1-2H3,(H,20,25). The van der Waals surface area contributed by atoms with Crippen LogP contribution in [0, 0.1) is 0 Å². The van der Waals surface area contributed by atoms with Crippen LogP contribution in [0.4, 0.5) is 5.69 Å². The van der Waals surface area contributed by atoms with Crippen LogP contribution in [0.5, 0.6) is 11.5 Å². The summed E-state index contributed by atoms with van der Waals surface area (Å²) in [5.74, 6) is 1.35. The van der Waals surface area contributed by atoms with Crippen molar-refractivity contribution in [3.63, 3.8) is 0 Å². The van der Waals surface area contributed by atoms with Crippen molar-refractivity contribution in [3.05, 3.63) is 58.9 Å². The highest BCUT2D eigenvalue weighted by Crippen LogP contribution is 2.28. The lowest BCUT2D eigenvalue weighted by Gasteiger charge is -2.11. The van der Waals surface area contributed by atoms with Gasteiger partial charge in [0.25, 0.3) is 5.91 Å². The smallest absolute Gasteiger partial charge is 0.255 e. The number of aromatic nitrogens is 4. The lowest BCUT2D eigenvalue weighted by molar-refractivity contribution is 0.102. The van der Waals surface area contributed by atoms with Gasteiger partial charge in [-0.3, -0.25) is 4.79 Å². The van der Waals surface area contributed by atoms with E-state index in [9.17, 15) is 4.79 Å². The number of hydrogen-bond donors (Lipinski definition) is 1. The van der Waals surface area contributed by atoms with Gasteiger partial charge >= 0.3 is 0 Å². The number of rotatable bonds is 7. The maximum absolute atomic E-state index is 12.6. The Labute approximate surface area is 161 Å². The van der Waals surface area contributed by atoms with E-state index in [0.29, 0.717) is 40.1 Å². The molecule has 3 aromatic rings. The van der Waals surface area contributed by atoms with Gasteiger partial charge in [0.1, 0.15) is 18.1 Å². The van der Waals surface area contributed by atoms with Crippen LogP contribution in [-0.4, -0.2) is 33.2 Å². The summed E-state index contributed by atoms with van der Waals surface area (Å²) in [4.78, 5) is 12.6. The van der Waals surface area contributed by atoms with Crippen molar-refractivity contribution in [2.75, 3.05) is 12.4 Å². The van der Waals surface area contributed by atoms with Gasteiger partial charge in [0.15, 0.2) is 5.82 Å². The third-order valence-corrected chi connectivity index (χ3v) is 4.01. The minimum atomic E-state index is -0.306. The molecule has 0 aliphatic heterocycles. The molecule has 1 aromatic heterocycles. The van der Waals surface area contributed by atoms with E-state index in [0.717, 1.165) is 0 Å². The molecule has 0 aliphatic carbocycles. The number of amides is 1.